The molecule has 0 aromatic carbocycles. The Morgan fingerprint density at radius 3 is 0.250 bits per heavy atom. The molecule has 0 bridgehead atoms. The summed E-state index contributed by atoms with van der Waals surface area (Å²) >= 11 is 0. The van der Waals surface area contributed by atoms with Crippen LogP contribution in [0.3, 0.4) is 0 Å². The Bertz CT molecular complexity index is 333. The molecule has 0 heterocycles. The molecule has 0 aromatic heterocycles. The number of hydrogen-bond donors (Lipinski definition) is 0. The van der Waals surface area contributed by atoms with Crippen LogP contribution in [0, 0.1) is 0 Å². The number of unbranched alkanes of at least 4 members (excludes halogenated alkanes) is 35. The maximum absolute atomic E-state index is 2.29. The average molecular weight is 623 g/mol. The molecule has 270 valence electrons. The van der Waals surface area contributed by atoms with Crippen molar-refractivity contribution < 1.29 is 0 Å². The lowest BCUT2D eigenvalue weighted by Crippen LogP contribution is -1.82. The normalized spacial score (nSPS) is 10.8. The quantitative estimate of drug-likeness (QED) is 0.0617. The summed E-state index contributed by atoms with van der Waals surface area (Å²) in [4.78, 5) is 0. The first-order valence-electron chi connectivity index (χ1n) is 21.7. The molecular formula is C44H94. The van der Waals surface area contributed by atoms with Gasteiger partial charge in [-0.1, -0.05) is 286 Å². The van der Waals surface area contributed by atoms with Gasteiger partial charge < -0.3 is 0 Å². The fourth-order valence-corrected chi connectivity index (χ4v) is 6.10. The van der Waals surface area contributed by atoms with Gasteiger partial charge >= 0.3 is 0 Å². The molecule has 44 heavy (non-hydrogen) atoms. The van der Waals surface area contributed by atoms with E-state index in [0.29, 0.717) is 0 Å². The molecule has 0 nitrogen and oxygen atoms in total. The van der Waals surface area contributed by atoms with Gasteiger partial charge in [-0.25, -0.2) is 0 Å². The highest BCUT2D eigenvalue weighted by molar-refractivity contribution is 4.50. The molecular weight excluding hydrogens is 528 g/mol. The van der Waals surface area contributed by atoms with E-state index in [1.807, 2.05) is 0 Å². The van der Waals surface area contributed by atoms with Gasteiger partial charge in [0.1, 0.15) is 0 Å². The van der Waals surface area contributed by atoms with E-state index < -0.39 is 0 Å². The third-order valence-corrected chi connectivity index (χ3v) is 9.37. The number of rotatable bonds is 35. The van der Waals surface area contributed by atoms with E-state index in [2.05, 4.69) is 41.5 Å². The van der Waals surface area contributed by atoms with E-state index in [0.717, 1.165) is 0 Å². The van der Waals surface area contributed by atoms with Crippen molar-refractivity contribution >= 4 is 0 Å². The van der Waals surface area contributed by atoms with Crippen LogP contribution >= 0.6 is 0 Å². The molecule has 0 aromatic rings. The average Bonchev–Trinajstić information content (AvgIpc) is 3.04. The van der Waals surface area contributed by atoms with Crippen LogP contribution in [0.1, 0.15) is 286 Å². The molecule has 0 heteroatoms. The second-order valence-electron chi connectivity index (χ2n) is 14.3. The lowest BCUT2D eigenvalue weighted by atomic mass is 10.0. The summed E-state index contributed by atoms with van der Waals surface area (Å²) in [5.74, 6) is 0. The van der Waals surface area contributed by atoms with Gasteiger partial charge in [-0.3, -0.25) is 0 Å². The minimum Gasteiger partial charge on any atom is -0.0654 e. The van der Waals surface area contributed by atoms with Crippen LogP contribution in [-0.2, 0) is 0 Å². The van der Waals surface area contributed by atoms with Gasteiger partial charge in [0.05, 0.1) is 0 Å². The van der Waals surface area contributed by atoms with Gasteiger partial charge in [-0.15, -0.1) is 0 Å². The lowest BCUT2D eigenvalue weighted by Gasteiger charge is -2.02. The summed E-state index contributed by atoms with van der Waals surface area (Å²) in [5, 5.41) is 0. The van der Waals surface area contributed by atoms with Gasteiger partial charge in [0.2, 0.25) is 0 Å². The zero-order valence-corrected chi connectivity index (χ0v) is 32.9. The third kappa shape index (κ3) is 57.6. The van der Waals surface area contributed by atoms with E-state index in [-0.39, 0.29) is 0 Å². The second kappa shape index (κ2) is 52.5. The monoisotopic (exact) mass is 623 g/mol. The summed E-state index contributed by atoms with van der Waals surface area (Å²) in [6, 6.07) is 0. The van der Waals surface area contributed by atoms with E-state index in [9.17, 15) is 0 Å². The summed E-state index contributed by atoms with van der Waals surface area (Å²) in [5.41, 5.74) is 0. The lowest BCUT2D eigenvalue weighted by molar-refractivity contribution is 0.538. The Kier molecular flexibility index (Phi) is 57.8. The molecule has 0 amide bonds. The molecule has 0 rings (SSSR count). The van der Waals surface area contributed by atoms with E-state index in [4.69, 9.17) is 0 Å². The highest BCUT2D eigenvalue weighted by Crippen LogP contribution is 2.14. The summed E-state index contributed by atoms with van der Waals surface area (Å²) in [7, 11) is 0. The minimum absolute atomic E-state index is 1.37. The van der Waals surface area contributed by atoms with E-state index in [1.165, 1.54) is 244 Å². The largest absolute Gasteiger partial charge is 0.0654 e. The molecule has 0 saturated carbocycles. The zero-order chi connectivity index (χ0) is 32.9. The summed E-state index contributed by atoms with van der Waals surface area (Å²) in [6.07, 6.45) is 55.3. The molecule has 0 N–H and O–H groups in total. The van der Waals surface area contributed by atoms with E-state index >= 15 is 0 Å². The van der Waals surface area contributed by atoms with Crippen molar-refractivity contribution in [3.8, 4) is 0 Å². The Labute approximate surface area is 284 Å². The van der Waals surface area contributed by atoms with Gasteiger partial charge in [-0.2, -0.15) is 0 Å². The van der Waals surface area contributed by atoms with Crippen LogP contribution in [0.5, 0.6) is 0 Å². The minimum atomic E-state index is 1.37. The maximum Gasteiger partial charge on any atom is -0.0533 e. The standard InChI is InChI=1S/2C16H34.C12H26/c2*1-3-5-7-9-11-13-15-16-14-12-10-8-6-4-2;1-3-5-7-9-11-12-10-8-6-4-2/h2*3-16H2,1-2H3;3-12H2,1-2H3. The molecule has 0 fully saturated rings. The third-order valence-electron chi connectivity index (χ3n) is 9.37. The van der Waals surface area contributed by atoms with Crippen molar-refractivity contribution in [1.82, 2.24) is 0 Å². The molecule has 0 atom stereocenters. The summed E-state index contributed by atoms with van der Waals surface area (Å²) in [6.45, 7) is 13.7. The van der Waals surface area contributed by atoms with Crippen molar-refractivity contribution in [2.45, 2.75) is 286 Å². The Morgan fingerprint density at radius 1 is 0.114 bits per heavy atom. The first-order chi connectivity index (χ1) is 21.7. The molecule has 0 aliphatic heterocycles. The highest BCUT2D eigenvalue weighted by atomic mass is 14.0. The molecule has 0 spiro atoms. The van der Waals surface area contributed by atoms with Crippen molar-refractivity contribution in [3.05, 3.63) is 0 Å². The van der Waals surface area contributed by atoms with Gasteiger partial charge in [0, 0.05) is 0 Å². The first kappa shape index (κ1) is 48.4. The smallest absolute Gasteiger partial charge is 0.0533 e. The van der Waals surface area contributed by atoms with Crippen molar-refractivity contribution in [2.75, 3.05) is 0 Å². The predicted octanol–water partition coefficient (Wildman–Crippen LogP) is 17.9. The van der Waals surface area contributed by atoms with Crippen LogP contribution in [0.2, 0.25) is 0 Å². The van der Waals surface area contributed by atoms with E-state index in [1.54, 1.807) is 0 Å². The van der Waals surface area contributed by atoms with Gasteiger partial charge in [0.15, 0.2) is 0 Å². The Balaban J connectivity index is -0.000000580. The highest BCUT2D eigenvalue weighted by Gasteiger charge is 1.94. The topological polar surface area (TPSA) is 0 Å². The van der Waals surface area contributed by atoms with Crippen molar-refractivity contribution in [3.63, 3.8) is 0 Å². The fourth-order valence-electron chi connectivity index (χ4n) is 6.10. The van der Waals surface area contributed by atoms with Crippen LogP contribution < -0.4 is 0 Å². The zero-order valence-electron chi connectivity index (χ0n) is 32.9. The molecule has 0 aliphatic rings. The van der Waals surface area contributed by atoms with Crippen molar-refractivity contribution in [2.24, 2.45) is 0 Å². The molecule has 0 unspecified atom stereocenters. The summed E-state index contributed by atoms with van der Waals surface area (Å²) < 4.78 is 0. The molecule has 0 saturated heterocycles. The first-order valence-corrected chi connectivity index (χ1v) is 21.7. The second-order valence-corrected chi connectivity index (χ2v) is 14.3. The van der Waals surface area contributed by atoms with Gasteiger partial charge in [-0.05, 0) is 0 Å². The molecule has 0 radical (unpaired) electrons. The Hall–Kier alpha value is 0. The van der Waals surface area contributed by atoms with Crippen LogP contribution in [-0.4, -0.2) is 0 Å². The van der Waals surface area contributed by atoms with Crippen molar-refractivity contribution in [1.29, 1.82) is 0 Å². The predicted molar refractivity (Wildman–Crippen MR) is 209 cm³/mol. The Morgan fingerprint density at radius 2 is 0.182 bits per heavy atom. The fraction of sp³-hybridized carbons (Fsp3) is 1.00. The maximum atomic E-state index is 2.29. The van der Waals surface area contributed by atoms with Gasteiger partial charge in [0.25, 0.3) is 0 Å². The SMILES string of the molecule is CCCCCCCCCCCC.CCCCCCCCCCCCCCCC.CCCCCCCCCCCCCCCC. The molecule has 0 aliphatic carbocycles. The van der Waals surface area contributed by atoms with Crippen LogP contribution in [0.4, 0.5) is 0 Å². The number of hydrogen-bond acceptors (Lipinski definition) is 0. The van der Waals surface area contributed by atoms with Crippen LogP contribution in [0.15, 0.2) is 0 Å². The van der Waals surface area contributed by atoms with Crippen LogP contribution in [0.25, 0.3) is 0 Å².